The minimum absolute atomic E-state index is 0.0552. The van der Waals surface area contributed by atoms with Gasteiger partial charge in [-0.25, -0.2) is 13.6 Å². The van der Waals surface area contributed by atoms with Crippen LogP contribution in [0.15, 0.2) is 76.3 Å². The van der Waals surface area contributed by atoms with Gasteiger partial charge in [0.25, 0.3) is 5.56 Å². The Labute approximate surface area is 224 Å². The third-order valence-corrected chi connectivity index (χ3v) is 6.75. The highest BCUT2D eigenvalue weighted by Gasteiger charge is 2.25. The molecule has 7 nitrogen and oxygen atoms in total. The number of nitrogens with zero attached hydrogens (tertiary/aromatic N) is 2. The second-order valence-electron chi connectivity index (χ2n) is 9.27. The Morgan fingerprint density at radius 1 is 0.949 bits per heavy atom. The van der Waals surface area contributed by atoms with Crippen LogP contribution in [0.25, 0.3) is 11.1 Å². The molecule has 1 atom stereocenters. The minimum atomic E-state index is -0.763. The SMILES string of the molecule is COc1cccc(-c2c(C)n(Cc3c(C)cccc3F)c(=O)n(C[C@H](NC(C)=O)c3ccccc3)c2=O)c1F. The maximum Gasteiger partial charge on any atom is 0.331 e. The van der Waals surface area contributed by atoms with Gasteiger partial charge in [-0.2, -0.15) is 0 Å². The van der Waals surface area contributed by atoms with Crippen LogP contribution in [-0.4, -0.2) is 22.2 Å². The number of aryl methyl sites for hydroxylation is 1. The molecule has 1 aromatic heterocycles. The third-order valence-electron chi connectivity index (χ3n) is 6.75. The van der Waals surface area contributed by atoms with Crippen LogP contribution in [0.2, 0.25) is 0 Å². The fourth-order valence-corrected chi connectivity index (χ4v) is 4.69. The van der Waals surface area contributed by atoms with Gasteiger partial charge in [0.1, 0.15) is 5.82 Å². The molecule has 0 aliphatic rings. The van der Waals surface area contributed by atoms with E-state index in [9.17, 15) is 18.8 Å². The summed E-state index contributed by atoms with van der Waals surface area (Å²) in [6, 6.07) is 17.1. The summed E-state index contributed by atoms with van der Waals surface area (Å²) >= 11 is 0. The van der Waals surface area contributed by atoms with Gasteiger partial charge in [0, 0.05) is 23.7 Å². The number of hydrogen-bond acceptors (Lipinski definition) is 4. The van der Waals surface area contributed by atoms with Gasteiger partial charge >= 0.3 is 5.69 Å². The average Bonchev–Trinajstić information content (AvgIpc) is 2.91. The lowest BCUT2D eigenvalue weighted by molar-refractivity contribution is -0.119. The minimum Gasteiger partial charge on any atom is -0.494 e. The van der Waals surface area contributed by atoms with Crippen LogP contribution < -0.4 is 21.3 Å². The van der Waals surface area contributed by atoms with Crippen molar-refractivity contribution in [3.8, 4) is 16.9 Å². The van der Waals surface area contributed by atoms with E-state index in [1.54, 1.807) is 55.5 Å². The predicted octanol–water partition coefficient (Wildman–Crippen LogP) is 4.51. The highest BCUT2D eigenvalue weighted by atomic mass is 19.1. The van der Waals surface area contributed by atoms with E-state index in [2.05, 4.69) is 5.32 Å². The van der Waals surface area contributed by atoms with E-state index < -0.39 is 28.9 Å². The van der Waals surface area contributed by atoms with E-state index in [4.69, 9.17) is 4.74 Å². The van der Waals surface area contributed by atoms with E-state index in [1.165, 1.54) is 43.7 Å². The number of nitrogens with one attached hydrogen (secondary N) is 1. The van der Waals surface area contributed by atoms with E-state index >= 15 is 4.39 Å². The fourth-order valence-electron chi connectivity index (χ4n) is 4.69. The summed E-state index contributed by atoms with van der Waals surface area (Å²) in [6.07, 6.45) is 0. The van der Waals surface area contributed by atoms with Crippen molar-refractivity contribution in [3.63, 3.8) is 0 Å². The molecule has 1 heterocycles. The molecule has 0 spiro atoms. The van der Waals surface area contributed by atoms with Gasteiger partial charge in [-0.05, 0) is 37.1 Å². The second kappa shape index (κ2) is 11.5. The van der Waals surface area contributed by atoms with Crippen molar-refractivity contribution in [2.24, 2.45) is 0 Å². The number of rotatable bonds is 8. The van der Waals surface area contributed by atoms with Crippen LogP contribution in [0.3, 0.4) is 0 Å². The lowest BCUT2D eigenvalue weighted by Gasteiger charge is -2.23. The maximum absolute atomic E-state index is 15.5. The number of ether oxygens (including phenoxy) is 1. The molecule has 0 aliphatic heterocycles. The zero-order valence-electron chi connectivity index (χ0n) is 22.1. The van der Waals surface area contributed by atoms with Crippen molar-refractivity contribution in [3.05, 3.63) is 122 Å². The summed E-state index contributed by atoms with van der Waals surface area (Å²) < 4.78 is 37.6. The van der Waals surface area contributed by atoms with Gasteiger partial charge in [0.15, 0.2) is 11.6 Å². The molecule has 0 aliphatic carbocycles. The fraction of sp³-hybridized carbons (Fsp3) is 0.233. The number of carbonyl (C=O) groups excluding carboxylic acids is 1. The quantitative estimate of drug-likeness (QED) is 0.362. The molecule has 0 bridgehead atoms. The largest absolute Gasteiger partial charge is 0.494 e. The van der Waals surface area contributed by atoms with Gasteiger partial charge < -0.3 is 10.1 Å². The summed E-state index contributed by atoms with van der Waals surface area (Å²) in [5, 5.41) is 2.79. The normalized spacial score (nSPS) is 11.7. The molecule has 202 valence electrons. The Morgan fingerprint density at radius 2 is 1.64 bits per heavy atom. The third kappa shape index (κ3) is 5.52. The molecule has 1 amide bonds. The molecule has 1 N–H and O–H groups in total. The first kappa shape index (κ1) is 27.5. The molecule has 0 saturated carbocycles. The zero-order valence-corrected chi connectivity index (χ0v) is 22.1. The molecule has 3 aromatic carbocycles. The summed E-state index contributed by atoms with van der Waals surface area (Å²) in [5.41, 5.74) is 0.169. The van der Waals surface area contributed by atoms with Crippen molar-refractivity contribution in [1.29, 1.82) is 0 Å². The van der Waals surface area contributed by atoms with Crippen molar-refractivity contribution in [2.45, 2.75) is 39.9 Å². The predicted molar refractivity (Wildman–Crippen MR) is 145 cm³/mol. The molecule has 4 rings (SSSR count). The second-order valence-corrected chi connectivity index (χ2v) is 9.27. The van der Waals surface area contributed by atoms with Crippen LogP contribution in [-0.2, 0) is 17.9 Å². The van der Waals surface area contributed by atoms with E-state index in [-0.39, 0.29) is 47.1 Å². The highest BCUT2D eigenvalue weighted by molar-refractivity contribution is 5.73. The van der Waals surface area contributed by atoms with Crippen LogP contribution in [0.4, 0.5) is 8.78 Å². The Balaban J connectivity index is 2.00. The van der Waals surface area contributed by atoms with Gasteiger partial charge in [0.2, 0.25) is 5.91 Å². The molecular weight excluding hydrogens is 504 g/mol. The number of carbonyl (C=O) groups is 1. The maximum atomic E-state index is 15.5. The molecule has 39 heavy (non-hydrogen) atoms. The van der Waals surface area contributed by atoms with E-state index in [0.29, 0.717) is 11.1 Å². The molecule has 4 aromatic rings. The number of hydrogen-bond donors (Lipinski definition) is 1. The Hall–Kier alpha value is -4.53. The van der Waals surface area contributed by atoms with E-state index in [0.717, 1.165) is 4.57 Å². The Kier molecular flexibility index (Phi) is 8.09. The summed E-state index contributed by atoms with van der Waals surface area (Å²) in [5.74, 6) is -1.69. The Morgan fingerprint density at radius 3 is 2.28 bits per heavy atom. The van der Waals surface area contributed by atoms with Crippen LogP contribution in [0.5, 0.6) is 5.75 Å². The zero-order chi connectivity index (χ0) is 28.3. The molecule has 0 saturated heterocycles. The first-order valence-electron chi connectivity index (χ1n) is 12.4. The van der Waals surface area contributed by atoms with Crippen LogP contribution in [0, 0.1) is 25.5 Å². The van der Waals surface area contributed by atoms with Gasteiger partial charge in [0.05, 0.1) is 31.8 Å². The topological polar surface area (TPSA) is 82.3 Å². The summed E-state index contributed by atoms with van der Waals surface area (Å²) in [6.45, 7) is 4.18. The lowest BCUT2D eigenvalue weighted by Crippen LogP contribution is -2.45. The van der Waals surface area contributed by atoms with Crippen LogP contribution in [0.1, 0.15) is 35.3 Å². The first-order chi connectivity index (χ1) is 18.6. The molecule has 9 heteroatoms. The number of benzene rings is 3. The van der Waals surface area contributed by atoms with Crippen molar-refractivity contribution in [1.82, 2.24) is 14.5 Å². The number of methoxy groups -OCH3 is 1. The summed E-state index contributed by atoms with van der Waals surface area (Å²) in [4.78, 5) is 39.8. The van der Waals surface area contributed by atoms with Crippen LogP contribution >= 0.6 is 0 Å². The molecular formula is C30H29F2N3O4. The van der Waals surface area contributed by atoms with Crippen molar-refractivity contribution >= 4 is 5.91 Å². The number of aromatic nitrogens is 2. The standard InChI is InChI=1S/C30H29F2N3O4/c1-18-10-8-14-24(31)23(18)16-34-19(2)27(22-13-9-15-26(39-4)28(22)32)29(37)35(30(34)38)17-25(33-20(3)36)21-11-6-5-7-12-21/h5-15,25H,16-17H2,1-4H3,(H,33,36)/t25-/m0/s1. The Bertz CT molecular complexity index is 1620. The molecule has 0 radical (unpaired) electrons. The number of amides is 1. The molecule has 0 unspecified atom stereocenters. The van der Waals surface area contributed by atoms with Gasteiger partial charge in [-0.1, -0.05) is 54.6 Å². The summed E-state index contributed by atoms with van der Waals surface area (Å²) in [7, 11) is 1.31. The molecule has 0 fully saturated rings. The average molecular weight is 534 g/mol. The van der Waals surface area contributed by atoms with Gasteiger partial charge in [-0.3, -0.25) is 18.7 Å². The van der Waals surface area contributed by atoms with E-state index in [1.807, 2.05) is 0 Å². The monoisotopic (exact) mass is 533 g/mol. The highest BCUT2D eigenvalue weighted by Crippen LogP contribution is 2.29. The van der Waals surface area contributed by atoms with Crippen molar-refractivity contribution in [2.75, 3.05) is 7.11 Å². The lowest BCUT2D eigenvalue weighted by atomic mass is 10.0. The smallest absolute Gasteiger partial charge is 0.331 e. The van der Waals surface area contributed by atoms with Gasteiger partial charge in [-0.15, -0.1) is 0 Å². The first-order valence-corrected chi connectivity index (χ1v) is 12.4. The van der Waals surface area contributed by atoms with Crippen molar-refractivity contribution < 1.29 is 18.3 Å². The number of halogens is 2.